The second-order valence-corrected chi connectivity index (χ2v) is 4.00. The molecule has 0 radical (unpaired) electrons. The Labute approximate surface area is 89.9 Å². The van der Waals surface area contributed by atoms with Gasteiger partial charge in [0.15, 0.2) is 0 Å². The highest BCUT2D eigenvalue weighted by atomic mass is 16.5. The molecule has 0 bridgehead atoms. The Morgan fingerprint density at radius 3 is 2.87 bits per heavy atom. The molecule has 2 atom stereocenters. The van der Waals surface area contributed by atoms with Crippen molar-refractivity contribution < 1.29 is 4.74 Å². The molecule has 1 aromatic heterocycles. The van der Waals surface area contributed by atoms with Crippen molar-refractivity contribution in [3.8, 4) is 5.88 Å². The second kappa shape index (κ2) is 5.07. The lowest BCUT2D eigenvalue weighted by atomic mass is 10.1. The Balaban J connectivity index is 1.97. The fraction of sp³-hybridized carbons (Fsp3) is 0.636. The van der Waals surface area contributed by atoms with Crippen LogP contribution in [0.4, 0.5) is 0 Å². The van der Waals surface area contributed by atoms with Crippen molar-refractivity contribution in [1.29, 1.82) is 0 Å². The van der Waals surface area contributed by atoms with Crippen molar-refractivity contribution >= 4 is 0 Å². The Morgan fingerprint density at radius 1 is 1.20 bits per heavy atom. The smallest absolute Gasteiger partial charge is 0.232 e. The first-order valence-corrected chi connectivity index (χ1v) is 5.54. The van der Waals surface area contributed by atoms with Gasteiger partial charge in [0.2, 0.25) is 5.88 Å². The highest BCUT2D eigenvalue weighted by molar-refractivity contribution is 5.02. The summed E-state index contributed by atoms with van der Waals surface area (Å²) in [5.41, 5.74) is 6.05. The molecule has 0 aromatic carbocycles. The summed E-state index contributed by atoms with van der Waals surface area (Å²) in [5.74, 6) is 0.583. The minimum Gasteiger partial charge on any atom is -0.472 e. The molecule has 1 fully saturated rings. The van der Waals surface area contributed by atoms with E-state index in [4.69, 9.17) is 10.5 Å². The molecule has 1 aliphatic carbocycles. The molecule has 2 unspecified atom stereocenters. The fourth-order valence-electron chi connectivity index (χ4n) is 1.95. The minimum atomic E-state index is 0.101. The number of aromatic nitrogens is 2. The van der Waals surface area contributed by atoms with Gasteiger partial charge in [-0.3, -0.25) is 4.98 Å². The van der Waals surface area contributed by atoms with Crippen molar-refractivity contribution in [3.63, 3.8) is 0 Å². The van der Waals surface area contributed by atoms with Gasteiger partial charge in [0.25, 0.3) is 0 Å². The van der Waals surface area contributed by atoms with Crippen LogP contribution in [-0.4, -0.2) is 22.1 Å². The third-order valence-electron chi connectivity index (χ3n) is 2.82. The number of rotatable bonds is 2. The topological polar surface area (TPSA) is 61.0 Å². The standard InChI is InChI=1S/C11H17N3O/c12-9-4-2-1-3-5-10(9)15-11-8-13-6-7-14-11/h6-10H,1-5,12H2. The van der Waals surface area contributed by atoms with Crippen LogP contribution in [0.2, 0.25) is 0 Å². The molecule has 2 rings (SSSR count). The molecule has 4 heteroatoms. The van der Waals surface area contributed by atoms with Crippen LogP contribution in [0, 0.1) is 0 Å². The van der Waals surface area contributed by atoms with Crippen LogP contribution in [0.5, 0.6) is 5.88 Å². The molecule has 0 amide bonds. The third-order valence-corrected chi connectivity index (χ3v) is 2.82. The van der Waals surface area contributed by atoms with Gasteiger partial charge >= 0.3 is 0 Å². The zero-order chi connectivity index (χ0) is 10.5. The third kappa shape index (κ3) is 2.89. The molecule has 1 aromatic rings. The average Bonchev–Trinajstić information content (AvgIpc) is 2.46. The maximum Gasteiger partial charge on any atom is 0.232 e. The van der Waals surface area contributed by atoms with Gasteiger partial charge in [0.1, 0.15) is 6.10 Å². The fourth-order valence-corrected chi connectivity index (χ4v) is 1.95. The number of hydrogen-bond acceptors (Lipinski definition) is 4. The van der Waals surface area contributed by atoms with Crippen LogP contribution in [-0.2, 0) is 0 Å². The monoisotopic (exact) mass is 207 g/mol. The quantitative estimate of drug-likeness (QED) is 0.747. The highest BCUT2D eigenvalue weighted by Gasteiger charge is 2.22. The van der Waals surface area contributed by atoms with Crippen molar-refractivity contribution in [3.05, 3.63) is 18.6 Å². The largest absolute Gasteiger partial charge is 0.472 e. The summed E-state index contributed by atoms with van der Waals surface area (Å²) in [6.07, 6.45) is 10.7. The number of hydrogen-bond donors (Lipinski definition) is 1. The lowest BCUT2D eigenvalue weighted by Gasteiger charge is -2.21. The molecule has 0 saturated heterocycles. The zero-order valence-corrected chi connectivity index (χ0v) is 8.80. The average molecular weight is 207 g/mol. The number of nitrogens with two attached hydrogens (primary N) is 1. The van der Waals surface area contributed by atoms with Gasteiger partial charge in [-0.1, -0.05) is 12.8 Å². The first-order valence-electron chi connectivity index (χ1n) is 5.54. The zero-order valence-electron chi connectivity index (χ0n) is 8.80. The van der Waals surface area contributed by atoms with Crippen molar-refractivity contribution in [2.45, 2.75) is 44.2 Å². The summed E-state index contributed by atoms with van der Waals surface area (Å²) in [6.45, 7) is 0. The number of ether oxygens (including phenoxy) is 1. The molecular weight excluding hydrogens is 190 g/mol. The molecule has 0 spiro atoms. The molecule has 2 N–H and O–H groups in total. The van der Waals surface area contributed by atoms with E-state index in [1.165, 1.54) is 19.3 Å². The van der Waals surface area contributed by atoms with E-state index in [9.17, 15) is 0 Å². The van der Waals surface area contributed by atoms with Crippen LogP contribution < -0.4 is 10.5 Å². The molecule has 4 nitrogen and oxygen atoms in total. The van der Waals surface area contributed by atoms with Crippen LogP contribution in [0.25, 0.3) is 0 Å². The first kappa shape index (κ1) is 10.4. The Morgan fingerprint density at radius 2 is 2.07 bits per heavy atom. The van der Waals surface area contributed by atoms with E-state index in [1.807, 2.05) is 0 Å². The maximum absolute atomic E-state index is 6.05. The van der Waals surface area contributed by atoms with E-state index in [-0.39, 0.29) is 12.1 Å². The Hall–Kier alpha value is -1.16. The lowest BCUT2D eigenvalue weighted by Crippen LogP contribution is -2.38. The predicted octanol–water partition coefficient (Wildman–Crippen LogP) is 1.52. The Kier molecular flexibility index (Phi) is 3.50. The van der Waals surface area contributed by atoms with Gasteiger partial charge in [-0.15, -0.1) is 0 Å². The van der Waals surface area contributed by atoms with Gasteiger partial charge in [0.05, 0.1) is 6.20 Å². The summed E-state index contributed by atoms with van der Waals surface area (Å²) < 4.78 is 5.75. The van der Waals surface area contributed by atoms with Crippen LogP contribution in [0.3, 0.4) is 0 Å². The summed E-state index contributed by atoms with van der Waals surface area (Å²) in [7, 11) is 0. The molecule has 15 heavy (non-hydrogen) atoms. The van der Waals surface area contributed by atoms with Gasteiger partial charge in [0, 0.05) is 18.4 Å². The Bertz CT molecular complexity index is 291. The van der Waals surface area contributed by atoms with Gasteiger partial charge in [-0.05, 0) is 19.3 Å². The maximum atomic E-state index is 6.05. The van der Waals surface area contributed by atoms with Gasteiger partial charge in [-0.2, -0.15) is 0 Å². The molecule has 1 heterocycles. The van der Waals surface area contributed by atoms with Crippen LogP contribution in [0.15, 0.2) is 18.6 Å². The van der Waals surface area contributed by atoms with Crippen molar-refractivity contribution in [1.82, 2.24) is 9.97 Å². The van der Waals surface area contributed by atoms with Crippen molar-refractivity contribution in [2.24, 2.45) is 5.73 Å². The molecule has 0 aliphatic heterocycles. The first-order chi connectivity index (χ1) is 7.36. The second-order valence-electron chi connectivity index (χ2n) is 4.00. The molecule has 82 valence electrons. The minimum absolute atomic E-state index is 0.101. The van der Waals surface area contributed by atoms with Crippen LogP contribution >= 0.6 is 0 Å². The molecule has 1 saturated carbocycles. The molecule has 1 aliphatic rings. The summed E-state index contributed by atoms with van der Waals surface area (Å²) >= 11 is 0. The van der Waals surface area contributed by atoms with E-state index in [0.717, 1.165) is 12.8 Å². The van der Waals surface area contributed by atoms with Gasteiger partial charge < -0.3 is 10.5 Å². The molecular formula is C11H17N3O. The predicted molar refractivity (Wildman–Crippen MR) is 57.5 cm³/mol. The van der Waals surface area contributed by atoms with E-state index < -0.39 is 0 Å². The number of nitrogens with zero attached hydrogens (tertiary/aromatic N) is 2. The van der Waals surface area contributed by atoms with Crippen molar-refractivity contribution in [2.75, 3.05) is 0 Å². The SMILES string of the molecule is NC1CCCCCC1Oc1cnccn1. The summed E-state index contributed by atoms with van der Waals surface area (Å²) in [4.78, 5) is 8.07. The van der Waals surface area contributed by atoms with E-state index in [2.05, 4.69) is 9.97 Å². The summed E-state index contributed by atoms with van der Waals surface area (Å²) in [6, 6.07) is 0.134. The van der Waals surface area contributed by atoms with Gasteiger partial charge in [-0.25, -0.2) is 4.98 Å². The van der Waals surface area contributed by atoms with E-state index >= 15 is 0 Å². The lowest BCUT2D eigenvalue weighted by molar-refractivity contribution is 0.155. The van der Waals surface area contributed by atoms with E-state index in [1.54, 1.807) is 18.6 Å². The van der Waals surface area contributed by atoms with Crippen LogP contribution in [0.1, 0.15) is 32.1 Å². The highest BCUT2D eigenvalue weighted by Crippen LogP contribution is 2.20. The summed E-state index contributed by atoms with van der Waals surface area (Å²) in [5, 5.41) is 0. The normalized spacial score (nSPS) is 27.0. The van der Waals surface area contributed by atoms with E-state index in [0.29, 0.717) is 5.88 Å².